The SMILES string of the molecule is c1ccc(-c2cccc(-c3ccc(N(c4ccc(-c5ccccc5-n5c6ccccc6c6ccccc65)cc4)c4ccccc4[C@]45CC6C[C@H]7CC(C4)[C@H]7C65)cc3)c2)cc1. The molecule has 13 rings (SSSR count). The van der Waals surface area contributed by atoms with E-state index in [1.165, 1.54) is 104 Å². The van der Waals surface area contributed by atoms with Crippen LogP contribution in [0.1, 0.15) is 31.2 Å². The number of benzene rings is 8. The Hall–Kier alpha value is -6.64. The zero-order valence-corrected chi connectivity index (χ0v) is 33.7. The molecule has 4 aliphatic carbocycles. The second-order valence-electron chi connectivity index (χ2n) is 18.2. The summed E-state index contributed by atoms with van der Waals surface area (Å²) in [4.78, 5) is 2.57. The van der Waals surface area contributed by atoms with Crippen molar-refractivity contribution in [2.24, 2.45) is 29.6 Å². The Bertz CT molecular complexity index is 3030. The van der Waals surface area contributed by atoms with Crippen LogP contribution in [0.25, 0.3) is 60.9 Å². The average Bonchev–Trinajstić information content (AvgIpc) is 3.83. The maximum Gasteiger partial charge on any atom is 0.0541 e. The molecular weight excluding hydrogens is 725 g/mol. The summed E-state index contributed by atoms with van der Waals surface area (Å²) >= 11 is 0. The molecule has 0 amide bonds. The van der Waals surface area contributed by atoms with Gasteiger partial charge in [0.25, 0.3) is 0 Å². The quantitative estimate of drug-likeness (QED) is 0.149. The van der Waals surface area contributed by atoms with Crippen LogP contribution in [-0.2, 0) is 5.41 Å². The summed E-state index contributed by atoms with van der Waals surface area (Å²) in [7, 11) is 0. The first kappa shape index (κ1) is 34.2. The minimum Gasteiger partial charge on any atom is -0.310 e. The monoisotopic (exact) mass is 770 g/mol. The van der Waals surface area contributed by atoms with Crippen LogP contribution in [0, 0.1) is 29.6 Å². The van der Waals surface area contributed by atoms with Gasteiger partial charge < -0.3 is 9.47 Å². The summed E-state index contributed by atoms with van der Waals surface area (Å²) < 4.78 is 2.45. The van der Waals surface area contributed by atoms with Crippen LogP contribution >= 0.6 is 0 Å². The average molecular weight is 771 g/mol. The van der Waals surface area contributed by atoms with Crippen molar-refractivity contribution in [1.29, 1.82) is 0 Å². The lowest BCUT2D eigenvalue weighted by molar-refractivity contribution is 0.0688. The zero-order valence-electron chi connectivity index (χ0n) is 33.7. The first-order chi connectivity index (χ1) is 29.7. The van der Waals surface area contributed by atoms with E-state index in [1.807, 2.05) is 0 Å². The highest BCUT2D eigenvalue weighted by atomic mass is 15.1. The predicted octanol–water partition coefficient (Wildman–Crippen LogP) is 15.2. The van der Waals surface area contributed by atoms with Gasteiger partial charge in [0.05, 0.1) is 16.7 Å². The Morgan fingerprint density at radius 1 is 0.433 bits per heavy atom. The summed E-state index contributed by atoms with van der Waals surface area (Å²) in [6.07, 6.45) is 5.68. The third-order valence-corrected chi connectivity index (χ3v) is 15.4. The van der Waals surface area contributed by atoms with Crippen molar-refractivity contribution < 1.29 is 0 Å². The van der Waals surface area contributed by atoms with Crippen molar-refractivity contribution in [3.63, 3.8) is 0 Å². The Balaban J connectivity index is 0.924. The highest BCUT2D eigenvalue weighted by Crippen LogP contribution is 2.79. The fraction of sp³-hybridized carbons (Fsp3) is 0.172. The van der Waals surface area contributed by atoms with Crippen LogP contribution in [0.2, 0.25) is 0 Å². The molecule has 4 saturated carbocycles. The van der Waals surface area contributed by atoms with Crippen LogP contribution < -0.4 is 4.90 Å². The molecule has 2 nitrogen and oxygen atoms in total. The number of anilines is 3. The topological polar surface area (TPSA) is 8.17 Å². The van der Waals surface area contributed by atoms with Crippen molar-refractivity contribution >= 4 is 38.9 Å². The standard InChI is InChI=1S/C58H46N2/c1-2-13-38(14-3-1)41-15-12-16-42(33-41)39-25-29-46(30-26-39)59(55-24-11-7-20-51(55)58-36-44-34-43-35-45(37-58)57(58)56(43)44)47-31-27-40(28-32-47)48-17-4-8-21-52(48)60-53-22-9-5-18-49(53)50-19-6-10-23-54(50)60/h1-33,43-45,56-57H,34-37H2/t43-,44?,45?,56+,57?,58-/m1/s1. The van der Waals surface area contributed by atoms with Gasteiger partial charge in [-0.25, -0.2) is 0 Å². The summed E-state index contributed by atoms with van der Waals surface area (Å²) in [5, 5.41) is 2.56. The first-order valence-corrected chi connectivity index (χ1v) is 22.1. The van der Waals surface area contributed by atoms with Crippen LogP contribution in [0.5, 0.6) is 0 Å². The molecule has 1 heterocycles. The van der Waals surface area contributed by atoms with Crippen LogP contribution in [-0.4, -0.2) is 4.57 Å². The van der Waals surface area contributed by atoms with E-state index < -0.39 is 0 Å². The number of nitrogens with zero attached hydrogens (tertiary/aromatic N) is 2. The molecule has 1 aromatic heterocycles. The smallest absolute Gasteiger partial charge is 0.0541 e. The van der Waals surface area contributed by atoms with Gasteiger partial charge in [-0.05, 0) is 143 Å². The maximum atomic E-state index is 2.57. The normalized spacial score (nSPS) is 23.3. The molecule has 9 aromatic rings. The third-order valence-electron chi connectivity index (χ3n) is 15.4. The van der Waals surface area contributed by atoms with Gasteiger partial charge in [-0.15, -0.1) is 0 Å². The molecule has 8 aromatic carbocycles. The van der Waals surface area contributed by atoms with Crippen molar-refractivity contribution in [2.45, 2.75) is 31.1 Å². The van der Waals surface area contributed by atoms with Crippen LogP contribution in [0.15, 0.2) is 200 Å². The van der Waals surface area contributed by atoms with Gasteiger partial charge in [-0.1, -0.05) is 146 Å². The lowest BCUT2D eigenvalue weighted by Crippen LogP contribution is -2.47. The van der Waals surface area contributed by atoms with Gasteiger partial charge in [0.2, 0.25) is 0 Å². The molecule has 0 radical (unpaired) electrons. The summed E-state index contributed by atoms with van der Waals surface area (Å²) in [6, 6.07) is 74.4. The Morgan fingerprint density at radius 3 is 1.72 bits per heavy atom. The summed E-state index contributed by atoms with van der Waals surface area (Å²) in [6.45, 7) is 0. The molecule has 4 aliphatic rings. The Kier molecular flexibility index (Phi) is 7.52. The number of rotatable bonds is 8. The van der Waals surface area contributed by atoms with Crippen LogP contribution in [0.3, 0.4) is 0 Å². The second kappa shape index (κ2) is 13.2. The molecule has 2 heteroatoms. The minimum atomic E-state index is 0.305. The predicted molar refractivity (Wildman–Crippen MR) is 249 cm³/mol. The fourth-order valence-electron chi connectivity index (χ4n) is 13.1. The molecule has 4 fully saturated rings. The van der Waals surface area contributed by atoms with Crippen molar-refractivity contribution in [3.05, 3.63) is 206 Å². The Labute approximate surface area is 352 Å². The fourth-order valence-corrected chi connectivity index (χ4v) is 13.1. The maximum absolute atomic E-state index is 2.57. The molecule has 3 unspecified atom stereocenters. The Morgan fingerprint density at radius 2 is 0.983 bits per heavy atom. The number of hydrogen-bond acceptors (Lipinski definition) is 1. The molecule has 0 saturated heterocycles. The van der Waals surface area contributed by atoms with E-state index in [2.05, 4.69) is 210 Å². The van der Waals surface area contributed by atoms with E-state index in [0.717, 1.165) is 29.6 Å². The van der Waals surface area contributed by atoms with Gasteiger partial charge in [-0.2, -0.15) is 0 Å². The third kappa shape index (κ3) is 5.00. The molecule has 0 aliphatic heterocycles. The highest BCUT2D eigenvalue weighted by Gasteiger charge is 2.73. The van der Waals surface area contributed by atoms with Gasteiger partial charge >= 0.3 is 0 Å². The molecular formula is C58H46N2. The van der Waals surface area contributed by atoms with E-state index >= 15 is 0 Å². The number of fused-ring (bicyclic) bond motifs is 3. The van der Waals surface area contributed by atoms with E-state index in [4.69, 9.17) is 0 Å². The van der Waals surface area contributed by atoms with Crippen molar-refractivity contribution in [3.8, 4) is 39.1 Å². The van der Waals surface area contributed by atoms with E-state index in [0.29, 0.717) is 5.41 Å². The molecule has 0 N–H and O–H groups in total. The van der Waals surface area contributed by atoms with Gasteiger partial charge in [0.15, 0.2) is 0 Å². The summed E-state index contributed by atoms with van der Waals surface area (Å²) in [5.74, 6) is 4.67. The number of para-hydroxylation sites is 4. The van der Waals surface area contributed by atoms with Gasteiger partial charge in [0.1, 0.15) is 0 Å². The number of aromatic nitrogens is 1. The second-order valence-corrected chi connectivity index (χ2v) is 18.2. The molecule has 0 bridgehead atoms. The zero-order chi connectivity index (χ0) is 39.4. The van der Waals surface area contributed by atoms with E-state index in [9.17, 15) is 0 Å². The molecule has 60 heavy (non-hydrogen) atoms. The van der Waals surface area contributed by atoms with Crippen LogP contribution in [0.4, 0.5) is 17.1 Å². The summed E-state index contributed by atoms with van der Waals surface area (Å²) in [5.41, 5.74) is 16.6. The first-order valence-electron chi connectivity index (χ1n) is 22.1. The molecule has 0 spiro atoms. The lowest BCUT2D eigenvalue weighted by atomic mass is 9.53. The lowest BCUT2D eigenvalue weighted by Gasteiger charge is -2.52. The van der Waals surface area contributed by atoms with Crippen molar-refractivity contribution in [1.82, 2.24) is 4.57 Å². The highest BCUT2D eigenvalue weighted by molar-refractivity contribution is 6.09. The molecule has 6 atom stereocenters. The van der Waals surface area contributed by atoms with Gasteiger partial charge in [-0.3, -0.25) is 0 Å². The van der Waals surface area contributed by atoms with E-state index in [1.54, 1.807) is 5.56 Å². The van der Waals surface area contributed by atoms with Gasteiger partial charge in [0, 0.05) is 38.8 Å². The minimum absolute atomic E-state index is 0.305. The molecule has 288 valence electrons. The number of hydrogen-bond donors (Lipinski definition) is 0. The van der Waals surface area contributed by atoms with E-state index in [-0.39, 0.29) is 0 Å². The van der Waals surface area contributed by atoms with Crippen molar-refractivity contribution in [2.75, 3.05) is 4.90 Å². The largest absolute Gasteiger partial charge is 0.310 e.